The summed E-state index contributed by atoms with van der Waals surface area (Å²) >= 11 is 4.68. The Morgan fingerprint density at radius 1 is 1.17 bits per heavy atom. The van der Waals surface area contributed by atoms with E-state index in [0.717, 1.165) is 14.7 Å². The average Bonchev–Trinajstić information content (AvgIpc) is 2.52. The van der Waals surface area contributed by atoms with Gasteiger partial charge in [0.05, 0.1) is 5.75 Å². The zero-order valence-electron chi connectivity index (χ0n) is 12.7. The van der Waals surface area contributed by atoms with E-state index in [9.17, 15) is 14.4 Å². The van der Waals surface area contributed by atoms with Gasteiger partial charge in [-0.25, -0.2) is 4.79 Å². The fourth-order valence-electron chi connectivity index (χ4n) is 1.90. The van der Waals surface area contributed by atoms with Gasteiger partial charge in [0, 0.05) is 41.8 Å². The van der Waals surface area contributed by atoms with Crippen LogP contribution in [0.5, 0.6) is 0 Å². The molecule has 0 bridgehead atoms. The highest BCUT2D eigenvalue weighted by Gasteiger charge is 2.08. The van der Waals surface area contributed by atoms with E-state index < -0.39 is 0 Å². The number of benzene rings is 1. The predicted molar refractivity (Wildman–Crippen MR) is 95.9 cm³/mol. The van der Waals surface area contributed by atoms with Crippen LogP contribution in [0.25, 0.3) is 0 Å². The maximum absolute atomic E-state index is 11.9. The average molecular weight is 398 g/mol. The number of hydrogen-bond donors (Lipinski definition) is 1. The third-order valence-electron chi connectivity index (χ3n) is 3.24. The van der Waals surface area contributed by atoms with Gasteiger partial charge in [-0.2, -0.15) is 0 Å². The maximum Gasteiger partial charge on any atom is 0.330 e. The fraction of sp³-hybridized carbons (Fsp3) is 0.267. The second-order valence-corrected chi connectivity index (χ2v) is 6.82. The van der Waals surface area contributed by atoms with Crippen LogP contribution in [0.1, 0.15) is 5.69 Å². The number of halogens is 1. The predicted octanol–water partition coefficient (Wildman–Crippen LogP) is 1.72. The third-order valence-corrected chi connectivity index (χ3v) is 4.73. The molecule has 6 nitrogen and oxygen atoms in total. The molecular weight excluding hydrogens is 382 g/mol. The van der Waals surface area contributed by atoms with E-state index in [1.807, 2.05) is 12.1 Å². The van der Waals surface area contributed by atoms with Crippen LogP contribution in [-0.2, 0) is 24.6 Å². The zero-order valence-corrected chi connectivity index (χ0v) is 15.1. The Labute approximate surface area is 145 Å². The van der Waals surface area contributed by atoms with Crippen LogP contribution in [0.3, 0.4) is 0 Å². The molecule has 0 atom stereocenters. The van der Waals surface area contributed by atoms with Gasteiger partial charge in [-0.3, -0.25) is 18.7 Å². The molecule has 1 aromatic heterocycles. The van der Waals surface area contributed by atoms with Crippen molar-refractivity contribution in [1.82, 2.24) is 9.13 Å². The number of thioether (sulfide) groups is 1. The van der Waals surface area contributed by atoms with Crippen molar-refractivity contribution in [2.75, 3.05) is 11.1 Å². The van der Waals surface area contributed by atoms with Crippen molar-refractivity contribution in [3.05, 3.63) is 61.3 Å². The topological polar surface area (TPSA) is 73.1 Å². The highest BCUT2D eigenvalue weighted by molar-refractivity contribution is 9.10. The molecule has 2 aromatic rings. The van der Waals surface area contributed by atoms with Crippen LogP contribution in [0, 0.1) is 0 Å². The molecule has 1 amide bonds. The number of amides is 1. The number of rotatable bonds is 5. The molecule has 0 radical (unpaired) electrons. The summed E-state index contributed by atoms with van der Waals surface area (Å²) in [4.78, 5) is 35.3. The summed E-state index contributed by atoms with van der Waals surface area (Å²) in [6, 6.07) is 8.71. The minimum absolute atomic E-state index is 0.133. The number of nitrogens with one attached hydrogen (secondary N) is 1. The zero-order chi connectivity index (χ0) is 17.0. The van der Waals surface area contributed by atoms with Crippen LogP contribution < -0.4 is 16.6 Å². The number of hydrogen-bond acceptors (Lipinski definition) is 4. The monoisotopic (exact) mass is 397 g/mol. The van der Waals surface area contributed by atoms with E-state index in [0.29, 0.717) is 11.4 Å². The SMILES string of the molecule is Cn1c(CSCC(=O)Nc2ccc(Br)cc2)cc(=O)n(C)c1=O. The smallest absolute Gasteiger partial charge is 0.325 e. The van der Waals surface area contributed by atoms with Gasteiger partial charge in [0.2, 0.25) is 5.91 Å². The molecule has 1 heterocycles. The Balaban J connectivity index is 1.92. The van der Waals surface area contributed by atoms with Gasteiger partial charge in [-0.15, -0.1) is 11.8 Å². The molecule has 0 aliphatic heterocycles. The summed E-state index contributed by atoms with van der Waals surface area (Å²) < 4.78 is 3.41. The Kier molecular flexibility index (Phi) is 5.84. The molecule has 23 heavy (non-hydrogen) atoms. The largest absolute Gasteiger partial charge is 0.330 e. The van der Waals surface area contributed by atoms with Crippen LogP contribution in [-0.4, -0.2) is 20.8 Å². The molecule has 0 unspecified atom stereocenters. The van der Waals surface area contributed by atoms with Crippen molar-refractivity contribution < 1.29 is 4.79 Å². The quantitative estimate of drug-likeness (QED) is 0.833. The lowest BCUT2D eigenvalue weighted by Gasteiger charge is -2.09. The molecule has 0 saturated carbocycles. The number of nitrogens with zero attached hydrogens (tertiary/aromatic N) is 2. The maximum atomic E-state index is 11.9. The molecule has 8 heteroatoms. The lowest BCUT2D eigenvalue weighted by molar-refractivity contribution is -0.113. The van der Waals surface area contributed by atoms with Gasteiger partial charge in [0.15, 0.2) is 0 Å². The molecule has 0 fully saturated rings. The van der Waals surface area contributed by atoms with Gasteiger partial charge in [-0.1, -0.05) is 15.9 Å². The highest BCUT2D eigenvalue weighted by Crippen LogP contribution is 2.15. The third kappa shape index (κ3) is 4.59. The van der Waals surface area contributed by atoms with E-state index in [1.165, 1.54) is 29.4 Å². The first-order valence-corrected chi connectivity index (χ1v) is 8.72. The molecule has 122 valence electrons. The molecule has 0 spiro atoms. The van der Waals surface area contributed by atoms with Crippen LogP contribution in [0.4, 0.5) is 5.69 Å². The standard InChI is InChI=1S/C15H16BrN3O3S/c1-18-12(7-14(21)19(2)15(18)22)8-23-9-13(20)17-11-5-3-10(16)4-6-11/h3-7H,8-9H2,1-2H3,(H,17,20). The number of carbonyl (C=O) groups excluding carboxylic acids is 1. The second-order valence-electron chi connectivity index (χ2n) is 4.92. The highest BCUT2D eigenvalue weighted by atomic mass is 79.9. The Morgan fingerprint density at radius 2 is 1.83 bits per heavy atom. The minimum atomic E-state index is -0.368. The summed E-state index contributed by atoms with van der Waals surface area (Å²) in [6.45, 7) is 0. The Hall–Kier alpha value is -1.80. The van der Waals surface area contributed by atoms with Crippen molar-refractivity contribution >= 4 is 39.3 Å². The van der Waals surface area contributed by atoms with Crippen molar-refractivity contribution in [2.24, 2.45) is 14.1 Å². The first kappa shape index (κ1) is 17.6. The molecule has 0 aliphatic carbocycles. The lowest BCUT2D eigenvalue weighted by atomic mass is 10.3. The summed E-state index contributed by atoms with van der Waals surface area (Å²) in [7, 11) is 3.05. The first-order chi connectivity index (χ1) is 10.9. The van der Waals surface area contributed by atoms with Crippen molar-refractivity contribution in [3.63, 3.8) is 0 Å². The first-order valence-electron chi connectivity index (χ1n) is 6.77. The Morgan fingerprint density at radius 3 is 2.48 bits per heavy atom. The Bertz CT molecular complexity index is 827. The van der Waals surface area contributed by atoms with Gasteiger partial charge in [0.25, 0.3) is 5.56 Å². The van der Waals surface area contributed by atoms with Crippen molar-refractivity contribution in [1.29, 1.82) is 0 Å². The van der Waals surface area contributed by atoms with Gasteiger partial charge < -0.3 is 5.32 Å². The van der Waals surface area contributed by atoms with Gasteiger partial charge in [0.1, 0.15) is 0 Å². The summed E-state index contributed by atoms with van der Waals surface area (Å²) in [5.41, 5.74) is 0.606. The lowest BCUT2D eigenvalue weighted by Crippen LogP contribution is -2.37. The molecular formula is C15H16BrN3O3S. The van der Waals surface area contributed by atoms with E-state index in [2.05, 4.69) is 21.2 Å². The molecule has 0 saturated heterocycles. The van der Waals surface area contributed by atoms with Crippen LogP contribution >= 0.6 is 27.7 Å². The van der Waals surface area contributed by atoms with Gasteiger partial charge in [-0.05, 0) is 24.3 Å². The number of aromatic nitrogens is 2. The molecule has 1 N–H and O–H groups in total. The van der Waals surface area contributed by atoms with Crippen LogP contribution in [0.15, 0.2) is 44.4 Å². The number of anilines is 1. The minimum Gasteiger partial charge on any atom is -0.325 e. The fourth-order valence-corrected chi connectivity index (χ4v) is 3.01. The van der Waals surface area contributed by atoms with Gasteiger partial charge >= 0.3 is 5.69 Å². The van der Waals surface area contributed by atoms with Crippen molar-refractivity contribution in [2.45, 2.75) is 5.75 Å². The summed E-state index contributed by atoms with van der Waals surface area (Å²) in [6.07, 6.45) is 0. The van der Waals surface area contributed by atoms with Crippen LogP contribution in [0.2, 0.25) is 0 Å². The van der Waals surface area contributed by atoms with E-state index in [-0.39, 0.29) is 22.9 Å². The van der Waals surface area contributed by atoms with E-state index in [1.54, 1.807) is 19.2 Å². The number of carbonyl (C=O) groups is 1. The summed E-state index contributed by atoms with van der Waals surface area (Å²) in [5, 5.41) is 2.79. The normalized spacial score (nSPS) is 10.6. The summed E-state index contributed by atoms with van der Waals surface area (Å²) in [5.74, 6) is 0.515. The molecule has 0 aliphatic rings. The van der Waals surface area contributed by atoms with E-state index >= 15 is 0 Å². The van der Waals surface area contributed by atoms with Crippen molar-refractivity contribution in [3.8, 4) is 0 Å². The van der Waals surface area contributed by atoms with E-state index in [4.69, 9.17) is 0 Å². The second kappa shape index (κ2) is 7.65. The molecule has 1 aromatic carbocycles. The molecule has 2 rings (SSSR count).